The summed E-state index contributed by atoms with van der Waals surface area (Å²) in [6, 6.07) is 11.7. The standard InChI is InChI=1S/C14H8ClN3/c15-8-3-4-11-9(6-8)10-7-13-12(2-1-5-16-13)18-14(10)17-11/h1-7,16H. The highest BCUT2D eigenvalue weighted by Crippen LogP contribution is 2.28. The van der Waals surface area contributed by atoms with E-state index in [1.165, 1.54) is 0 Å². The van der Waals surface area contributed by atoms with Crippen LogP contribution in [0.4, 0.5) is 0 Å². The Balaban J connectivity index is 2.25. The molecular weight excluding hydrogens is 246 g/mol. The van der Waals surface area contributed by atoms with Crippen molar-refractivity contribution in [2.45, 2.75) is 0 Å². The van der Waals surface area contributed by atoms with E-state index in [0.29, 0.717) is 5.02 Å². The molecule has 86 valence electrons. The lowest BCUT2D eigenvalue weighted by Crippen LogP contribution is -1.82. The summed E-state index contributed by atoms with van der Waals surface area (Å²) < 4.78 is 0. The van der Waals surface area contributed by atoms with E-state index in [0.717, 1.165) is 33.0 Å². The number of aromatic amines is 1. The molecular formula is C14H8ClN3. The Hall–Kier alpha value is -2.13. The molecule has 0 bridgehead atoms. The van der Waals surface area contributed by atoms with Gasteiger partial charge in [0.2, 0.25) is 0 Å². The second kappa shape index (κ2) is 3.43. The molecule has 0 aliphatic carbocycles. The lowest BCUT2D eigenvalue weighted by atomic mass is 10.2. The first kappa shape index (κ1) is 9.85. The number of benzene rings is 1. The van der Waals surface area contributed by atoms with Crippen LogP contribution in [0.2, 0.25) is 5.02 Å². The van der Waals surface area contributed by atoms with E-state index in [1.54, 1.807) is 0 Å². The molecule has 0 aliphatic rings. The lowest BCUT2D eigenvalue weighted by Gasteiger charge is -1.97. The minimum Gasteiger partial charge on any atom is -0.360 e. The topological polar surface area (TPSA) is 41.6 Å². The molecule has 0 amide bonds. The van der Waals surface area contributed by atoms with E-state index in [9.17, 15) is 0 Å². The summed E-state index contributed by atoms with van der Waals surface area (Å²) in [7, 11) is 0. The van der Waals surface area contributed by atoms with Crippen LogP contribution in [0.15, 0.2) is 42.6 Å². The largest absolute Gasteiger partial charge is 0.360 e. The third kappa shape index (κ3) is 1.31. The zero-order valence-corrected chi connectivity index (χ0v) is 10.1. The molecule has 4 heteroatoms. The molecule has 18 heavy (non-hydrogen) atoms. The quantitative estimate of drug-likeness (QED) is 0.516. The van der Waals surface area contributed by atoms with Gasteiger partial charge in [-0.15, -0.1) is 0 Å². The summed E-state index contributed by atoms with van der Waals surface area (Å²) in [6.45, 7) is 0. The minimum atomic E-state index is 0.717. The Morgan fingerprint density at radius 2 is 1.83 bits per heavy atom. The second-order valence-electron chi connectivity index (χ2n) is 4.24. The molecule has 0 unspecified atom stereocenters. The molecule has 0 spiro atoms. The molecule has 4 rings (SSSR count). The average Bonchev–Trinajstić information content (AvgIpc) is 2.73. The van der Waals surface area contributed by atoms with Crippen molar-refractivity contribution in [3.63, 3.8) is 0 Å². The van der Waals surface area contributed by atoms with Crippen LogP contribution in [-0.4, -0.2) is 15.0 Å². The highest BCUT2D eigenvalue weighted by molar-refractivity contribution is 6.31. The van der Waals surface area contributed by atoms with Gasteiger partial charge in [0.05, 0.1) is 16.6 Å². The van der Waals surface area contributed by atoms with Gasteiger partial charge in [0.15, 0.2) is 5.65 Å². The van der Waals surface area contributed by atoms with Crippen molar-refractivity contribution < 1.29 is 0 Å². The van der Waals surface area contributed by atoms with Crippen LogP contribution >= 0.6 is 11.6 Å². The Morgan fingerprint density at radius 1 is 0.944 bits per heavy atom. The van der Waals surface area contributed by atoms with Gasteiger partial charge in [0.25, 0.3) is 0 Å². The van der Waals surface area contributed by atoms with Gasteiger partial charge >= 0.3 is 0 Å². The summed E-state index contributed by atoms with van der Waals surface area (Å²) in [4.78, 5) is 12.3. The molecule has 1 N–H and O–H groups in total. The van der Waals surface area contributed by atoms with E-state index < -0.39 is 0 Å². The summed E-state index contributed by atoms with van der Waals surface area (Å²) in [5.41, 5.74) is 3.61. The van der Waals surface area contributed by atoms with Crippen LogP contribution in [0.5, 0.6) is 0 Å². The Kier molecular flexibility index (Phi) is 1.88. The Bertz CT molecular complexity index is 895. The smallest absolute Gasteiger partial charge is 0.161 e. The van der Waals surface area contributed by atoms with Crippen LogP contribution in [0.3, 0.4) is 0 Å². The second-order valence-corrected chi connectivity index (χ2v) is 4.67. The van der Waals surface area contributed by atoms with Crippen LogP contribution in [0.1, 0.15) is 0 Å². The van der Waals surface area contributed by atoms with Gasteiger partial charge in [-0.05, 0) is 36.4 Å². The third-order valence-corrected chi connectivity index (χ3v) is 3.33. The predicted octanol–water partition coefficient (Wildman–Crippen LogP) is 3.92. The molecule has 0 radical (unpaired) electrons. The number of nitrogens with one attached hydrogen (secondary N) is 1. The van der Waals surface area contributed by atoms with Gasteiger partial charge < -0.3 is 4.98 Å². The lowest BCUT2D eigenvalue weighted by molar-refractivity contribution is 1.35. The Labute approximate surface area is 107 Å². The maximum absolute atomic E-state index is 6.04. The maximum Gasteiger partial charge on any atom is 0.161 e. The van der Waals surface area contributed by atoms with Crippen molar-refractivity contribution in [1.29, 1.82) is 0 Å². The summed E-state index contributed by atoms with van der Waals surface area (Å²) in [6.07, 6.45) is 1.89. The highest BCUT2D eigenvalue weighted by Gasteiger charge is 2.08. The fourth-order valence-corrected chi connectivity index (χ4v) is 2.43. The van der Waals surface area contributed by atoms with E-state index in [4.69, 9.17) is 11.6 Å². The van der Waals surface area contributed by atoms with Crippen molar-refractivity contribution in [3.8, 4) is 0 Å². The highest BCUT2D eigenvalue weighted by atomic mass is 35.5. The number of hydrogen-bond donors (Lipinski definition) is 1. The molecule has 0 atom stereocenters. The van der Waals surface area contributed by atoms with E-state index in [-0.39, 0.29) is 0 Å². The molecule has 0 saturated carbocycles. The first-order valence-electron chi connectivity index (χ1n) is 5.64. The van der Waals surface area contributed by atoms with Crippen molar-refractivity contribution in [2.75, 3.05) is 0 Å². The van der Waals surface area contributed by atoms with Gasteiger partial charge in [-0.1, -0.05) is 11.6 Å². The number of pyridine rings is 2. The molecule has 0 saturated heterocycles. The third-order valence-electron chi connectivity index (χ3n) is 3.10. The Morgan fingerprint density at radius 3 is 2.78 bits per heavy atom. The van der Waals surface area contributed by atoms with Crippen LogP contribution in [0, 0.1) is 0 Å². The van der Waals surface area contributed by atoms with Gasteiger partial charge in [-0.2, -0.15) is 0 Å². The molecule has 3 heterocycles. The van der Waals surface area contributed by atoms with Gasteiger partial charge in [-0.3, -0.25) is 0 Å². The zero-order chi connectivity index (χ0) is 12.1. The van der Waals surface area contributed by atoms with Crippen molar-refractivity contribution in [1.82, 2.24) is 15.0 Å². The van der Waals surface area contributed by atoms with E-state index in [1.807, 2.05) is 36.5 Å². The van der Waals surface area contributed by atoms with Crippen molar-refractivity contribution in [3.05, 3.63) is 47.6 Å². The molecule has 0 aliphatic heterocycles. The normalized spacial score (nSPS) is 11.6. The van der Waals surface area contributed by atoms with E-state index >= 15 is 0 Å². The number of rotatable bonds is 0. The van der Waals surface area contributed by atoms with Crippen molar-refractivity contribution >= 4 is 44.6 Å². The monoisotopic (exact) mass is 253 g/mol. The van der Waals surface area contributed by atoms with Gasteiger partial charge in [-0.25, -0.2) is 9.97 Å². The molecule has 3 aromatic heterocycles. The number of hydrogen-bond acceptors (Lipinski definition) is 2. The number of nitrogens with zero attached hydrogens (tertiary/aromatic N) is 2. The van der Waals surface area contributed by atoms with Gasteiger partial charge in [0, 0.05) is 22.0 Å². The summed E-state index contributed by atoms with van der Waals surface area (Å²) >= 11 is 6.04. The number of H-pyrrole nitrogens is 1. The fourth-order valence-electron chi connectivity index (χ4n) is 2.26. The predicted molar refractivity (Wildman–Crippen MR) is 73.9 cm³/mol. The fraction of sp³-hybridized carbons (Fsp3) is 0. The number of halogens is 1. The zero-order valence-electron chi connectivity index (χ0n) is 9.31. The van der Waals surface area contributed by atoms with E-state index in [2.05, 4.69) is 21.0 Å². The summed E-state index contributed by atoms with van der Waals surface area (Å²) in [5, 5.41) is 2.79. The molecule has 1 aromatic carbocycles. The molecule has 3 nitrogen and oxygen atoms in total. The number of aromatic nitrogens is 3. The van der Waals surface area contributed by atoms with Crippen molar-refractivity contribution in [2.24, 2.45) is 0 Å². The SMILES string of the molecule is Clc1ccc2nc3nc4ccc[nH]c4cc3c2c1. The summed E-state index contributed by atoms with van der Waals surface area (Å²) in [5.74, 6) is 0. The maximum atomic E-state index is 6.04. The average molecular weight is 254 g/mol. The van der Waals surface area contributed by atoms with Crippen LogP contribution in [-0.2, 0) is 0 Å². The number of fused-ring (bicyclic) bond motifs is 4. The van der Waals surface area contributed by atoms with Crippen LogP contribution in [0.25, 0.3) is 33.0 Å². The minimum absolute atomic E-state index is 0.717. The first-order chi connectivity index (χ1) is 8.81. The first-order valence-corrected chi connectivity index (χ1v) is 6.02. The molecule has 4 aromatic rings. The molecule has 0 fully saturated rings. The van der Waals surface area contributed by atoms with Gasteiger partial charge in [0.1, 0.15) is 0 Å². The van der Waals surface area contributed by atoms with Crippen LogP contribution < -0.4 is 0 Å².